The molecule has 0 amide bonds. The standard InChI is InChI=1S/C17H20FNO/c1-4-16(13-6-8-14(20-3)9-7-13)19-17-11-12(2)5-10-15(17)18/h5-11,16,19H,4H2,1-3H3. The molecule has 2 aromatic carbocycles. The molecule has 2 aromatic rings. The summed E-state index contributed by atoms with van der Waals surface area (Å²) in [6.45, 7) is 4.04. The van der Waals surface area contributed by atoms with Gasteiger partial charge in [-0.3, -0.25) is 0 Å². The molecule has 0 fully saturated rings. The summed E-state index contributed by atoms with van der Waals surface area (Å²) in [5.74, 6) is 0.605. The summed E-state index contributed by atoms with van der Waals surface area (Å²) in [6.07, 6.45) is 0.875. The van der Waals surface area contributed by atoms with Crippen LogP contribution in [0, 0.1) is 12.7 Å². The number of rotatable bonds is 5. The molecule has 2 nitrogen and oxygen atoms in total. The lowest BCUT2D eigenvalue weighted by atomic mass is 10.0. The molecule has 0 bridgehead atoms. The maximum atomic E-state index is 13.8. The Balaban J connectivity index is 2.21. The topological polar surface area (TPSA) is 21.3 Å². The monoisotopic (exact) mass is 273 g/mol. The fourth-order valence-corrected chi connectivity index (χ4v) is 2.19. The zero-order valence-electron chi connectivity index (χ0n) is 12.1. The first kappa shape index (κ1) is 14.4. The molecule has 2 rings (SSSR count). The highest BCUT2D eigenvalue weighted by atomic mass is 19.1. The number of aryl methyl sites for hydroxylation is 1. The van der Waals surface area contributed by atoms with E-state index < -0.39 is 0 Å². The first-order chi connectivity index (χ1) is 9.63. The summed E-state index contributed by atoms with van der Waals surface area (Å²) in [5, 5.41) is 3.28. The number of hydrogen-bond donors (Lipinski definition) is 1. The van der Waals surface area contributed by atoms with Crippen LogP contribution in [-0.4, -0.2) is 7.11 Å². The van der Waals surface area contributed by atoms with Gasteiger partial charge in [0.25, 0.3) is 0 Å². The second-order valence-corrected chi connectivity index (χ2v) is 4.86. The van der Waals surface area contributed by atoms with Crippen molar-refractivity contribution in [2.24, 2.45) is 0 Å². The Labute approximate surface area is 119 Å². The predicted octanol–water partition coefficient (Wildman–Crippen LogP) is 4.71. The molecule has 0 aliphatic rings. The van der Waals surface area contributed by atoms with Crippen LogP contribution in [0.25, 0.3) is 0 Å². The van der Waals surface area contributed by atoms with Crippen LogP contribution in [0.4, 0.5) is 10.1 Å². The van der Waals surface area contributed by atoms with Crippen LogP contribution in [0.3, 0.4) is 0 Å². The minimum absolute atomic E-state index is 0.0807. The third-order valence-electron chi connectivity index (χ3n) is 3.38. The zero-order chi connectivity index (χ0) is 14.5. The van der Waals surface area contributed by atoms with Crippen LogP contribution in [0.15, 0.2) is 42.5 Å². The van der Waals surface area contributed by atoms with Gasteiger partial charge in [-0.15, -0.1) is 0 Å². The lowest BCUT2D eigenvalue weighted by Gasteiger charge is -2.20. The molecule has 1 unspecified atom stereocenters. The van der Waals surface area contributed by atoms with E-state index in [-0.39, 0.29) is 11.9 Å². The van der Waals surface area contributed by atoms with Crippen molar-refractivity contribution >= 4 is 5.69 Å². The molecule has 3 heteroatoms. The molecule has 0 aromatic heterocycles. The Bertz CT molecular complexity index is 566. The van der Waals surface area contributed by atoms with Gasteiger partial charge in [0.05, 0.1) is 18.8 Å². The Morgan fingerprint density at radius 3 is 2.45 bits per heavy atom. The Hall–Kier alpha value is -2.03. The SMILES string of the molecule is CCC(Nc1cc(C)ccc1F)c1ccc(OC)cc1. The fraction of sp³-hybridized carbons (Fsp3) is 0.294. The first-order valence-corrected chi connectivity index (χ1v) is 6.80. The largest absolute Gasteiger partial charge is 0.497 e. The third-order valence-corrected chi connectivity index (χ3v) is 3.38. The highest BCUT2D eigenvalue weighted by Gasteiger charge is 2.11. The quantitative estimate of drug-likeness (QED) is 0.852. The average molecular weight is 273 g/mol. The van der Waals surface area contributed by atoms with E-state index in [0.717, 1.165) is 23.3 Å². The maximum Gasteiger partial charge on any atom is 0.146 e. The van der Waals surface area contributed by atoms with Crippen LogP contribution in [0.2, 0.25) is 0 Å². The Kier molecular flexibility index (Phi) is 4.61. The van der Waals surface area contributed by atoms with Gasteiger partial charge in [-0.05, 0) is 48.7 Å². The first-order valence-electron chi connectivity index (χ1n) is 6.80. The van der Waals surface area contributed by atoms with Crippen LogP contribution in [-0.2, 0) is 0 Å². The van der Waals surface area contributed by atoms with E-state index in [9.17, 15) is 4.39 Å². The van der Waals surface area contributed by atoms with Crippen LogP contribution in [0.5, 0.6) is 5.75 Å². The second kappa shape index (κ2) is 6.42. The zero-order valence-corrected chi connectivity index (χ0v) is 12.1. The summed E-state index contributed by atoms with van der Waals surface area (Å²) in [6, 6.07) is 13.0. The van der Waals surface area contributed by atoms with Gasteiger partial charge in [-0.1, -0.05) is 25.1 Å². The van der Waals surface area contributed by atoms with Crippen molar-refractivity contribution in [2.45, 2.75) is 26.3 Å². The molecule has 0 aliphatic carbocycles. The number of anilines is 1. The molecule has 20 heavy (non-hydrogen) atoms. The molecule has 0 spiro atoms. The molecule has 0 aliphatic heterocycles. The lowest BCUT2D eigenvalue weighted by Crippen LogP contribution is -2.11. The number of benzene rings is 2. The normalized spacial score (nSPS) is 12.0. The van der Waals surface area contributed by atoms with Crippen molar-refractivity contribution in [3.63, 3.8) is 0 Å². The van der Waals surface area contributed by atoms with Gasteiger partial charge >= 0.3 is 0 Å². The molecule has 1 atom stereocenters. The van der Waals surface area contributed by atoms with E-state index in [1.807, 2.05) is 37.3 Å². The van der Waals surface area contributed by atoms with Gasteiger partial charge in [-0.2, -0.15) is 0 Å². The highest BCUT2D eigenvalue weighted by Crippen LogP contribution is 2.26. The van der Waals surface area contributed by atoms with Gasteiger partial charge in [0.1, 0.15) is 11.6 Å². The molecular formula is C17H20FNO. The van der Waals surface area contributed by atoms with E-state index in [0.29, 0.717) is 5.69 Å². The number of halogens is 1. The average Bonchev–Trinajstić information content (AvgIpc) is 2.48. The number of nitrogens with one attached hydrogen (secondary N) is 1. The maximum absolute atomic E-state index is 13.8. The van der Waals surface area contributed by atoms with Crippen molar-refractivity contribution in [3.8, 4) is 5.75 Å². The molecule has 1 N–H and O–H groups in total. The van der Waals surface area contributed by atoms with Gasteiger partial charge in [0.15, 0.2) is 0 Å². The number of ether oxygens (including phenoxy) is 1. The van der Waals surface area contributed by atoms with Crippen LogP contribution in [0.1, 0.15) is 30.5 Å². The molecule has 0 saturated heterocycles. The van der Waals surface area contributed by atoms with Gasteiger partial charge in [0, 0.05) is 0 Å². The van der Waals surface area contributed by atoms with Gasteiger partial charge < -0.3 is 10.1 Å². The van der Waals surface area contributed by atoms with Crippen molar-refractivity contribution in [1.29, 1.82) is 0 Å². The van der Waals surface area contributed by atoms with Crippen LogP contribution < -0.4 is 10.1 Å². The van der Waals surface area contributed by atoms with Crippen molar-refractivity contribution in [1.82, 2.24) is 0 Å². The van der Waals surface area contributed by atoms with E-state index in [1.165, 1.54) is 6.07 Å². The van der Waals surface area contributed by atoms with E-state index in [1.54, 1.807) is 13.2 Å². The smallest absolute Gasteiger partial charge is 0.146 e. The summed E-state index contributed by atoms with van der Waals surface area (Å²) in [5.41, 5.74) is 2.71. The second-order valence-electron chi connectivity index (χ2n) is 4.86. The number of hydrogen-bond acceptors (Lipinski definition) is 2. The molecule has 0 saturated carbocycles. The summed E-state index contributed by atoms with van der Waals surface area (Å²) < 4.78 is 19.0. The van der Waals surface area contributed by atoms with Crippen molar-refractivity contribution in [3.05, 3.63) is 59.4 Å². The highest BCUT2D eigenvalue weighted by molar-refractivity contribution is 5.49. The summed E-state index contributed by atoms with van der Waals surface area (Å²) in [4.78, 5) is 0. The predicted molar refractivity (Wildman–Crippen MR) is 80.8 cm³/mol. The lowest BCUT2D eigenvalue weighted by molar-refractivity contribution is 0.414. The molecule has 106 valence electrons. The van der Waals surface area contributed by atoms with Crippen molar-refractivity contribution in [2.75, 3.05) is 12.4 Å². The molecular weight excluding hydrogens is 253 g/mol. The van der Waals surface area contributed by atoms with Crippen LogP contribution >= 0.6 is 0 Å². The minimum atomic E-state index is -0.220. The van der Waals surface area contributed by atoms with Crippen molar-refractivity contribution < 1.29 is 9.13 Å². The van der Waals surface area contributed by atoms with Gasteiger partial charge in [0.2, 0.25) is 0 Å². The molecule has 0 radical (unpaired) electrons. The Morgan fingerprint density at radius 1 is 1.15 bits per heavy atom. The third kappa shape index (κ3) is 3.29. The van der Waals surface area contributed by atoms with E-state index in [2.05, 4.69) is 12.2 Å². The Morgan fingerprint density at radius 2 is 1.85 bits per heavy atom. The van der Waals surface area contributed by atoms with Gasteiger partial charge in [-0.25, -0.2) is 4.39 Å². The molecule has 0 heterocycles. The van der Waals surface area contributed by atoms with E-state index in [4.69, 9.17) is 4.74 Å². The summed E-state index contributed by atoms with van der Waals surface area (Å²) in [7, 11) is 1.65. The summed E-state index contributed by atoms with van der Waals surface area (Å²) >= 11 is 0. The fourth-order valence-electron chi connectivity index (χ4n) is 2.19. The van der Waals surface area contributed by atoms with E-state index >= 15 is 0 Å². The number of methoxy groups -OCH3 is 1. The minimum Gasteiger partial charge on any atom is -0.497 e.